The van der Waals surface area contributed by atoms with Crippen molar-refractivity contribution >= 4 is 22.8 Å². The number of cyclic esters (lactones) is 1. The molecule has 0 radical (unpaired) electrons. The van der Waals surface area contributed by atoms with Gasteiger partial charge >= 0.3 is 6.09 Å². The number of rotatable bonds is 4. The van der Waals surface area contributed by atoms with Crippen molar-refractivity contribution in [2.24, 2.45) is 0 Å². The van der Waals surface area contributed by atoms with E-state index < -0.39 is 5.60 Å². The van der Waals surface area contributed by atoms with Gasteiger partial charge in [-0.3, -0.25) is 9.88 Å². The molecule has 2 aromatic heterocycles. The second kappa shape index (κ2) is 6.10. The summed E-state index contributed by atoms with van der Waals surface area (Å²) in [5, 5.41) is 0. The summed E-state index contributed by atoms with van der Waals surface area (Å²) in [5.74, 6) is 0.740. The van der Waals surface area contributed by atoms with Gasteiger partial charge in [0.15, 0.2) is 0 Å². The molecule has 4 rings (SSSR count). The summed E-state index contributed by atoms with van der Waals surface area (Å²) in [4.78, 5) is 26.2. The predicted octanol–water partition coefficient (Wildman–Crippen LogP) is 3.46. The fourth-order valence-corrected chi connectivity index (χ4v) is 3.21. The molecular weight excluding hydrogens is 332 g/mol. The fraction of sp³-hybridized carbons (Fsp3) is 0.316. The number of hydrogen-bond acceptors (Lipinski definition) is 5. The number of amides is 1. The van der Waals surface area contributed by atoms with Gasteiger partial charge in [-0.1, -0.05) is 0 Å². The minimum atomic E-state index is -0.718. The van der Waals surface area contributed by atoms with Crippen LogP contribution in [0.25, 0.3) is 22.4 Å². The van der Waals surface area contributed by atoms with Gasteiger partial charge in [-0.2, -0.15) is 0 Å². The topological polar surface area (TPSA) is 80.3 Å². The predicted molar refractivity (Wildman–Crippen MR) is 98.1 cm³/mol. The van der Waals surface area contributed by atoms with Gasteiger partial charge in [0.2, 0.25) is 0 Å². The maximum Gasteiger partial charge on any atom is 0.415 e. The molecule has 0 unspecified atom stereocenters. The Morgan fingerprint density at radius 1 is 1.35 bits per heavy atom. The minimum absolute atomic E-state index is 0.373. The van der Waals surface area contributed by atoms with Gasteiger partial charge in [0.1, 0.15) is 11.4 Å². The van der Waals surface area contributed by atoms with Crippen LogP contribution in [-0.4, -0.2) is 41.3 Å². The number of aromatic amines is 1. The third-order valence-electron chi connectivity index (χ3n) is 4.56. The molecule has 0 aliphatic carbocycles. The largest absolute Gasteiger partial charge is 0.438 e. The Bertz CT molecular complexity index is 966. The fourth-order valence-electron chi connectivity index (χ4n) is 3.21. The summed E-state index contributed by atoms with van der Waals surface area (Å²) in [6, 6.07) is 7.75. The van der Waals surface area contributed by atoms with Crippen molar-refractivity contribution in [3.63, 3.8) is 0 Å². The lowest BCUT2D eigenvalue weighted by Crippen LogP contribution is -2.44. The van der Waals surface area contributed by atoms with Gasteiger partial charge in [0.05, 0.1) is 29.9 Å². The summed E-state index contributed by atoms with van der Waals surface area (Å²) in [6.45, 7) is 4.63. The summed E-state index contributed by atoms with van der Waals surface area (Å²) in [6.07, 6.45) is 3.12. The lowest BCUT2D eigenvalue weighted by atomic mass is 9.93. The molecule has 7 nitrogen and oxygen atoms in total. The molecule has 1 aliphatic heterocycles. The van der Waals surface area contributed by atoms with E-state index in [2.05, 4.69) is 15.0 Å². The molecule has 0 fully saturated rings. The molecule has 0 saturated carbocycles. The van der Waals surface area contributed by atoms with E-state index in [1.165, 1.54) is 0 Å². The number of anilines is 1. The van der Waals surface area contributed by atoms with Gasteiger partial charge in [-0.15, -0.1) is 0 Å². The molecule has 1 amide bonds. The van der Waals surface area contributed by atoms with E-state index >= 15 is 0 Å². The Balaban J connectivity index is 1.86. The highest BCUT2D eigenvalue weighted by molar-refractivity contribution is 5.95. The molecule has 7 heteroatoms. The van der Waals surface area contributed by atoms with Crippen LogP contribution in [0.15, 0.2) is 36.7 Å². The maximum atomic E-state index is 12.5. The monoisotopic (exact) mass is 352 g/mol. The lowest BCUT2D eigenvalue weighted by molar-refractivity contribution is 0.0340. The molecule has 26 heavy (non-hydrogen) atoms. The number of imidazole rings is 1. The zero-order chi connectivity index (χ0) is 18.3. The number of methoxy groups -OCH3 is 1. The van der Waals surface area contributed by atoms with Crippen LogP contribution in [0, 0.1) is 0 Å². The van der Waals surface area contributed by atoms with Gasteiger partial charge in [-0.25, -0.2) is 9.78 Å². The maximum absolute atomic E-state index is 12.5. The van der Waals surface area contributed by atoms with Crippen molar-refractivity contribution in [3.05, 3.63) is 42.2 Å². The summed E-state index contributed by atoms with van der Waals surface area (Å²) < 4.78 is 10.8. The number of carbonyl (C=O) groups excluding carboxylic acids is 1. The molecule has 0 bridgehead atoms. The Morgan fingerprint density at radius 3 is 2.92 bits per heavy atom. The number of aromatic nitrogens is 3. The van der Waals surface area contributed by atoms with E-state index in [0.29, 0.717) is 13.2 Å². The van der Waals surface area contributed by atoms with Gasteiger partial charge in [0, 0.05) is 30.6 Å². The van der Waals surface area contributed by atoms with Crippen LogP contribution in [0.1, 0.15) is 19.4 Å². The van der Waals surface area contributed by atoms with Crippen LogP contribution in [0.5, 0.6) is 0 Å². The SMILES string of the molecule is COCCN1C(=O)OC(C)(C)c2cc3[nH]c(-c4cccnc4)nc3cc21. The van der Waals surface area contributed by atoms with E-state index in [1.54, 1.807) is 24.4 Å². The Labute approximate surface area is 151 Å². The van der Waals surface area contributed by atoms with Crippen molar-refractivity contribution in [1.29, 1.82) is 0 Å². The molecule has 0 atom stereocenters. The van der Waals surface area contributed by atoms with E-state index in [1.807, 2.05) is 38.1 Å². The number of nitrogens with zero attached hydrogens (tertiary/aromatic N) is 3. The van der Waals surface area contributed by atoms with Crippen LogP contribution < -0.4 is 4.90 Å². The number of hydrogen-bond donors (Lipinski definition) is 1. The molecular formula is C19H20N4O3. The second-order valence-electron chi connectivity index (χ2n) is 6.74. The zero-order valence-electron chi connectivity index (χ0n) is 14.9. The first-order chi connectivity index (χ1) is 12.5. The summed E-state index contributed by atoms with van der Waals surface area (Å²) >= 11 is 0. The van der Waals surface area contributed by atoms with Crippen LogP contribution in [0.4, 0.5) is 10.5 Å². The van der Waals surface area contributed by atoms with E-state index in [-0.39, 0.29) is 6.09 Å². The Hall–Kier alpha value is -2.93. The Morgan fingerprint density at radius 2 is 2.19 bits per heavy atom. The van der Waals surface area contributed by atoms with Crippen LogP contribution >= 0.6 is 0 Å². The van der Waals surface area contributed by atoms with Crippen molar-refractivity contribution in [2.45, 2.75) is 19.4 Å². The van der Waals surface area contributed by atoms with Crippen LogP contribution in [0.3, 0.4) is 0 Å². The quantitative estimate of drug-likeness (QED) is 0.778. The minimum Gasteiger partial charge on any atom is -0.438 e. The van der Waals surface area contributed by atoms with Crippen LogP contribution in [-0.2, 0) is 15.1 Å². The molecule has 1 aliphatic rings. The highest BCUT2D eigenvalue weighted by atomic mass is 16.6. The molecule has 1 N–H and O–H groups in total. The van der Waals surface area contributed by atoms with Gasteiger partial charge in [0.25, 0.3) is 0 Å². The van der Waals surface area contributed by atoms with Crippen LogP contribution in [0.2, 0.25) is 0 Å². The zero-order valence-corrected chi connectivity index (χ0v) is 14.9. The molecule has 0 spiro atoms. The average molecular weight is 352 g/mol. The first-order valence-corrected chi connectivity index (χ1v) is 8.44. The number of carbonyl (C=O) groups is 1. The number of benzene rings is 1. The smallest absolute Gasteiger partial charge is 0.415 e. The first kappa shape index (κ1) is 16.5. The molecule has 1 aromatic carbocycles. The lowest BCUT2D eigenvalue weighted by Gasteiger charge is -2.38. The van der Waals surface area contributed by atoms with Gasteiger partial charge in [-0.05, 0) is 38.1 Å². The normalized spacial score (nSPS) is 15.8. The van der Waals surface area contributed by atoms with Crippen molar-refractivity contribution < 1.29 is 14.3 Å². The van der Waals surface area contributed by atoms with Gasteiger partial charge < -0.3 is 14.5 Å². The number of nitrogens with one attached hydrogen (secondary N) is 1. The van der Waals surface area contributed by atoms with Crippen molar-refractivity contribution in [3.8, 4) is 11.4 Å². The Kier molecular flexibility index (Phi) is 3.88. The third kappa shape index (κ3) is 2.70. The van der Waals surface area contributed by atoms with Crippen molar-refractivity contribution in [1.82, 2.24) is 15.0 Å². The van der Waals surface area contributed by atoms with Crippen molar-refractivity contribution in [2.75, 3.05) is 25.2 Å². The molecule has 134 valence electrons. The van der Waals surface area contributed by atoms with E-state index in [4.69, 9.17) is 9.47 Å². The number of H-pyrrole nitrogens is 1. The average Bonchev–Trinajstić information content (AvgIpc) is 3.04. The van der Waals surface area contributed by atoms with E-state index in [9.17, 15) is 4.79 Å². The molecule has 3 aromatic rings. The summed E-state index contributed by atoms with van der Waals surface area (Å²) in [5.41, 5.74) is 3.60. The third-order valence-corrected chi connectivity index (χ3v) is 4.56. The standard InChI is InChI=1S/C19H20N4O3/c1-19(2)13-9-14-15(22-17(21-14)12-5-4-6-20-11-12)10-16(13)23(7-8-25-3)18(24)26-19/h4-6,9-11H,7-8H2,1-3H3,(H,21,22). The highest BCUT2D eigenvalue weighted by Gasteiger charge is 2.38. The summed E-state index contributed by atoms with van der Waals surface area (Å²) in [7, 11) is 1.61. The number of fused-ring (bicyclic) bond motifs is 2. The molecule has 3 heterocycles. The first-order valence-electron chi connectivity index (χ1n) is 8.44. The second-order valence-corrected chi connectivity index (χ2v) is 6.74. The number of ether oxygens (including phenoxy) is 2. The highest BCUT2D eigenvalue weighted by Crippen LogP contribution is 2.41. The van der Waals surface area contributed by atoms with E-state index in [0.717, 1.165) is 33.7 Å². The molecule has 0 saturated heterocycles. The number of pyridine rings is 1.